The summed E-state index contributed by atoms with van der Waals surface area (Å²) in [4.78, 5) is 40.2. The van der Waals surface area contributed by atoms with Crippen LogP contribution in [0.1, 0.15) is 16.8 Å². The maximum Gasteiger partial charge on any atom is 0.422 e. The van der Waals surface area contributed by atoms with E-state index < -0.39 is 37.0 Å². The number of anilines is 2. The van der Waals surface area contributed by atoms with Gasteiger partial charge in [-0.15, -0.1) is 0 Å². The fourth-order valence-electron chi connectivity index (χ4n) is 2.93. The molecule has 176 valence electrons. The van der Waals surface area contributed by atoms with Crippen LogP contribution in [-0.2, 0) is 4.79 Å². The number of nitrogens with one attached hydrogen (secondary N) is 2. The van der Waals surface area contributed by atoms with Crippen molar-refractivity contribution in [2.24, 2.45) is 0 Å². The van der Waals surface area contributed by atoms with E-state index in [0.29, 0.717) is 11.3 Å². The number of halogens is 3. The second-order valence-corrected chi connectivity index (χ2v) is 6.97. The minimum Gasteiger partial charge on any atom is -0.530 e. The fourth-order valence-corrected chi connectivity index (χ4v) is 2.93. The van der Waals surface area contributed by atoms with E-state index in [4.69, 9.17) is 0 Å². The van der Waals surface area contributed by atoms with Crippen LogP contribution in [0.4, 0.5) is 29.3 Å². The molecule has 0 fully saturated rings. The van der Waals surface area contributed by atoms with Gasteiger partial charge in [0.2, 0.25) is 5.91 Å². The van der Waals surface area contributed by atoms with E-state index in [9.17, 15) is 32.7 Å². The smallest absolute Gasteiger partial charge is 0.422 e. The molecule has 0 aliphatic carbocycles. The predicted molar refractivity (Wildman–Crippen MR) is 114 cm³/mol. The Balaban J connectivity index is 1.71. The second-order valence-electron chi connectivity index (χ2n) is 6.97. The Labute approximate surface area is 191 Å². The minimum atomic E-state index is -4.59. The summed E-state index contributed by atoms with van der Waals surface area (Å²) < 4.78 is 41.6. The summed E-state index contributed by atoms with van der Waals surface area (Å²) >= 11 is 0. The maximum absolute atomic E-state index is 12.6. The first-order chi connectivity index (χ1) is 16.1. The van der Waals surface area contributed by atoms with E-state index in [1.165, 1.54) is 6.07 Å². The van der Waals surface area contributed by atoms with E-state index in [1.54, 1.807) is 42.6 Å². The van der Waals surface area contributed by atoms with Crippen molar-refractivity contribution in [2.45, 2.75) is 12.6 Å². The minimum absolute atomic E-state index is 0.0939. The van der Waals surface area contributed by atoms with Crippen LogP contribution in [0, 0.1) is 0 Å². The number of nitrogens with zero attached hydrogens (tertiary/aromatic N) is 1. The first kappa shape index (κ1) is 24.2. The standard InChI is InChI=1S/C23H18F3N3O5/c24-23(25,26)13-34-16-7-8-18(19(11-16)29-22(32)33)28-21(31)12-20(30)15-5-3-4-14(10-15)17-6-1-2-9-27-17/h1-11,29H,12-13H2,(H,28,31)(H,32,33)/p-1. The number of carboxylic acid groups (broad SMARTS) is 1. The molecule has 0 spiro atoms. The van der Waals surface area contributed by atoms with Gasteiger partial charge in [-0.2, -0.15) is 13.2 Å². The number of alkyl halides is 3. The van der Waals surface area contributed by atoms with Gasteiger partial charge < -0.3 is 25.3 Å². The number of carbonyl (C=O) groups is 3. The third kappa shape index (κ3) is 7.05. The number of rotatable bonds is 8. The lowest BCUT2D eigenvalue weighted by Gasteiger charge is -2.16. The van der Waals surface area contributed by atoms with E-state index in [2.05, 4.69) is 15.0 Å². The van der Waals surface area contributed by atoms with Gasteiger partial charge in [-0.3, -0.25) is 14.6 Å². The molecule has 3 aromatic rings. The monoisotopic (exact) mass is 472 g/mol. The lowest BCUT2D eigenvalue weighted by Crippen LogP contribution is -2.29. The molecular formula is C23H17F3N3O5-. The highest BCUT2D eigenvalue weighted by Crippen LogP contribution is 2.29. The topological polar surface area (TPSA) is 120 Å². The third-order valence-electron chi connectivity index (χ3n) is 4.37. The highest BCUT2D eigenvalue weighted by Gasteiger charge is 2.28. The average Bonchev–Trinajstić information content (AvgIpc) is 2.79. The zero-order chi connectivity index (χ0) is 24.7. The molecule has 2 amide bonds. The van der Waals surface area contributed by atoms with Crippen molar-refractivity contribution in [2.75, 3.05) is 17.2 Å². The van der Waals surface area contributed by atoms with Crippen LogP contribution in [0.2, 0.25) is 0 Å². The molecule has 0 atom stereocenters. The first-order valence-electron chi connectivity index (χ1n) is 9.77. The molecule has 34 heavy (non-hydrogen) atoms. The number of carbonyl (C=O) groups excluding carboxylic acids is 3. The van der Waals surface area contributed by atoms with Gasteiger partial charge in [0.05, 0.1) is 23.5 Å². The van der Waals surface area contributed by atoms with Gasteiger partial charge in [-0.05, 0) is 30.3 Å². The summed E-state index contributed by atoms with van der Waals surface area (Å²) in [6.07, 6.45) is -5.31. The van der Waals surface area contributed by atoms with Gasteiger partial charge in [0, 0.05) is 23.4 Å². The highest BCUT2D eigenvalue weighted by atomic mass is 19.4. The number of ether oxygens (including phenoxy) is 1. The Bertz CT molecular complexity index is 1200. The van der Waals surface area contributed by atoms with E-state index in [1.807, 2.05) is 5.32 Å². The van der Waals surface area contributed by atoms with Gasteiger partial charge >= 0.3 is 6.18 Å². The first-order valence-corrected chi connectivity index (χ1v) is 9.77. The number of ketones is 1. The number of hydrogen-bond donors (Lipinski definition) is 2. The number of aromatic nitrogens is 1. The fraction of sp³-hybridized carbons (Fsp3) is 0.130. The number of pyridine rings is 1. The zero-order valence-electron chi connectivity index (χ0n) is 17.4. The summed E-state index contributed by atoms with van der Waals surface area (Å²) in [5.41, 5.74) is 1.22. The van der Waals surface area contributed by atoms with Gasteiger partial charge in [-0.25, -0.2) is 0 Å². The van der Waals surface area contributed by atoms with Crippen LogP contribution in [0.3, 0.4) is 0 Å². The van der Waals surface area contributed by atoms with Crippen LogP contribution >= 0.6 is 0 Å². The quantitative estimate of drug-likeness (QED) is 0.381. The summed E-state index contributed by atoms with van der Waals surface area (Å²) in [7, 11) is 0. The maximum atomic E-state index is 12.6. The average molecular weight is 472 g/mol. The van der Waals surface area contributed by atoms with Gasteiger partial charge in [0.15, 0.2) is 12.4 Å². The molecule has 2 aromatic carbocycles. The van der Waals surface area contributed by atoms with Crippen LogP contribution in [0.5, 0.6) is 5.75 Å². The van der Waals surface area contributed by atoms with E-state index in [0.717, 1.165) is 18.2 Å². The second kappa shape index (κ2) is 10.5. The number of hydrogen-bond acceptors (Lipinski definition) is 6. The zero-order valence-corrected chi connectivity index (χ0v) is 17.4. The summed E-state index contributed by atoms with van der Waals surface area (Å²) in [6.45, 7) is -1.59. The molecule has 2 N–H and O–H groups in total. The Kier molecular flexibility index (Phi) is 7.46. The molecule has 0 radical (unpaired) electrons. The Morgan fingerprint density at radius 1 is 0.941 bits per heavy atom. The molecule has 1 aromatic heterocycles. The van der Waals surface area contributed by atoms with Crippen molar-refractivity contribution < 1.29 is 37.4 Å². The molecule has 11 heteroatoms. The molecule has 0 unspecified atom stereocenters. The van der Waals surface area contributed by atoms with Crippen LogP contribution in [-0.4, -0.2) is 35.6 Å². The van der Waals surface area contributed by atoms with Crippen LogP contribution in [0.15, 0.2) is 66.9 Å². The third-order valence-corrected chi connectivity index (χ3v) is 4.37. The van der Waals surface area contributed by atoms with Gasteiger partial charge in [-0.1, -0.05) is 24.3 Å². The molecule has 0 saturated heterocycles. The molecule has 0 saturated carbocycles. The van der Waals surface area contributed by atoms with Crippen molar-refractivity contribution in [1.82, 2.24) is 4.98 Å². The molecule has 0 bridgehead atoms. The number of benzene rings is 2. The Morgan fingerprint density at radius 3 is 2.41 bits per heavy atom. The predicted octanol–water partition coefficient (Wildman–Crippen LogP) is 3.66. The van der Waals surface area contributed by atoms with E-state index in [-0.39, 0.29) is 22.7 Å². The molecule has 3 rings (SSSR count). The van der Waals surface area contributed by atoms with Crippen molar-refractivity contribution in [3.8, 4) is 17.0 Å². The highest BCUT2D eigenvalue weighted by molar-refractivity contribution is 6.12. The summed E-state index contributed by atoms with van der Waals surface area (Å²) in [6, 6.07) is 15.1. The Hall–Kier alpha value is -4.41. The van der Waals surface area contributed by atoms with Crippen LogP contribution < -0.4 is 20.5 Å². The molecule has 8 nitrogen and oxygen atoms in total. The molecular weight excluding hydrogens is 455 g/mol. The van der Waals surface area contributed by atoms with E-state index >= 15 is 0 Å². The lowest BCUT2D eigenvalue weighted by atomic mass is 10.0. The molecule has 1 heterocycles. The number of amides is 2. The summed E-state index contributed by atoms with van der Waals surface area (Å²) in [5.74, 6) is -1.56. The largest absolute Gasteiger partial charge is 0.530 e. The number of Topliss-reactive ketones (excluding diaryl/α,β-unsaturated/α-hetero) is 1. The normalized spacial score (nSPS) is 10.9. The molecule has 0 aliphatic rings. The SMILES string of the molecule is O=C([O-])Nc1cc(OCC(F)(F)F)ccc1NC(=O)CC(=O)c1cccc(-c2ccccn2)c1. The van der Waals surface area contributed by atoms with Crippen molar-refractivity contribution >= 4 is 29.2 Å². The van der Waals surface area contributed by atoms with Crippen LogP contribution in [0.25, 0.3) is 11.3 Å². The van der Waals surface area contributed by atoms with Gasteiger partial charge in [0.1, 0.15) is 11.8 Å². The van der Waals surface area contributed by atoms with Crippen molar-refractivity contribution in [3.05, 3.63) is 72.4 Å². The van der Waals surface area contributed by atoms with Crippen molar-refractivity contribution in [1.29, 1.82) is 0 Å². The van der Waals surface area contributed by atoms with Crippen molar-refractivity contribution in [3.63, 3.8) is 0 Å². The Morgan fingerprint density at radius 2 is 1.74 bits per heavy atom. The lowest BCUT2D eigenvalue weighted by molar-refractivity contribution is -0.242. The molecule has 0 aliphatic heterocycles. The van der Waals surface area contributed by atoms with Gasteiger partial charge in [0.25, 0.3) is 0 Å². The summed E-state index contributed by atoms with van der Waals surface area (Å²) in [5, 5.41) is 15.2.